The number of nitrogens with zero attached hydrogens (tertiary/aromatic N) is 2. The summed E-state index contributed by atoms with van der Waals surface area (Å²) in [5.41, 5.74) is 2.83. The fraction of sp³-hybridized carbons (Fsp3) is 0.333. The van der Waals surface area contributed by atoms with Crippen molar-refractivity contribution in [2.45, 2.75) is 31.7 Å². The SMILES string of the molecule is CCn1c(-c2ccc3c(c2)OCCO3)cnc1SCC(=O)NCCc1ccc(OC(F)F)cc1. The number of rotatable bonds is 10. The molecule has 0 unspecified atom stereocenters. The first-order valence-electron chi connectivity index (χ1n) is 10.9. The lowest BCUT2D eigenvalue weighted by Crippen LogP contribution is -2.27. The summed E-state index contributed by atoms with van der Waals surface area (Å²) in [6.07, 6.45) is 2.39. The van der Waals surface area contributed by atoms with Gasteiger partial charge >= 0.3 is 6.61 Å². The molecule has 0 atom stereocenters. The van der Waals surface area contributed by atoms with E-state index in [0.717, 1.165) is 33.5 Å². The van der Waals surface area contributed by atoms with Gasteiger partial charge in [-0.25, -0.2) is 4.98 Å². The molecule has 4 rings (SSSR count). The van der Waals surface area contributed by atoms with Crippen LogP contribution < -0.4 is 19.5 Å². The van der Waals surface area contributed by atoms with Gasteiger partial charge in [0.25, 0.3) is 0 Å². The number of nitrogens with one attached hydrogen (secondary N) is 1. The Hall–Kier alpha value is -3.27. The number of aromatic nitrogens is 2. The Kier molecular flexibility index (Phi) is 7.89. The van der Waals surface area contributed by atoms with E-state index in [2.05, 4.69) is 19.6 Å². The molecule has 2 aromatic carbocycles. The molecule has 0 spiro atoms. The summed E-state index contributed by atoms with van der Waals surface area (Å²) in [5, 5.41) is 3.64. The number of hydrogen-bond acceptors (Lipinski definition) is 6. The summed E-state index contributed by atoms with van der Waals surface area (Å²) in [6, 6.07) is 12.2. The zero-order chi connectivity index (χ0) is 23.9. The van der Waals surface area contributed by atoms with Crippen LogP contribution in [0.1, 0.15) is 12.5 Å². The van der Waals surface area contributed by atoms with Crippen molar-refractivity contribution in [1.29, 1.82) is 0 Å². The third-order valence-electron chi connectivity index (χ3n) is 5.19. The molecule has 0 aliphatic carbocycles. The molecule has 0 saturated carbocycles. The summed E-state index contributed by atoms with van der Waals surface area (Å²) in [6.45, 7) is 1.41. The fourth-order valence-corrected chi connectivity index (χ4v) is 4.45. The Morgan fingerprint density at radius 1 is 1.18 bits per heavy atom. The van der Waals surface area contributed by atoms with E-state index in [4.69, 9.17) is 9.47 Å². The van der Waals surface area contributed by atoms with Crippen molar-refractivity contribution < 1.29 is 27.8 Å². The van der Waals surface area contributed by atoms with Crippen molar-refractivity contribution in [3.63, 3.8) is 0 Å². The second kappa shape index (κ2) is 11.2. The average molecular weight is 490 g/mol. The van der Waals surface area contributed by atoms with E-state index >= 15 is 0 Å². The molecule has 1 N–H and O–H groups in total. The van der Waals surface area contributed by atoms with E-state index in [-0.39, 0.29) is 17.4 Å². The minimum atomic E-state index is -2.84. The van der Waals surface area contributed by atoms with Crippen LogP contribution in [0.4, 0.5) is 8.78 Å². The molecule has 2 heterocycles. The van der Waals surface area contributed by atoms with Crippen molar-refractivity contribution in [3.8, 4) is 28.5 Å². The van der Waals surface area contributed by atoms with E-state index in [0.29, 0.717) is 32.7 Å². The Bertz CT molecular complexity index is 1120. The van der Waals surface area contributed by atoms with Crippen LogP contribution in [0.25, 0.3) is 11.3 Å². The molecule has 1 aliphatic rings. The minimum absolute atomic E-state index is 0.103. The molecule has 10 heteroatoms. The summed E-state index contributed by atoms with van der Waals surface area (Å²) < 4.78 is 42.1. The van der Waals surface area contributed by atoms with Gasteiger partial charge in [0.05, 0.1) is 17.6 Å². The van der Waals surface area contributed by atoms with Crippen LogP contribution in [0.5, 0.6) is 17.2 Å². The number of carbonyl (C=O) groups excluding carboxylic acids is 1. The third kappa shape index (κ3) is 5.99. The Balaban J connectivity index is 1.29. The van der Waals surface area contributed by atoms with Crippen molar-refractivity contribution >= 4 is 17.7 Å². The molecule has 1 amide bonds. The minimum Gasteiger partial charge on any atom is -0.486 e. The van der Waals surface area contributed by atoms with Gasteiger partial charge in [0.15, 0.2) is 16.7 Å². The maximum absolute atomic E-state index is 12.3. The van der Waals surface area contributed by atoms with Gasteiger partial charge in [-0.2, -0.15) is 8.78 Å². The summed E-state index contributed by atoms with van der Waals surface area (Å²) in [7, 11) is 0. The zero-order valence-electron chi connectivity index (χ0n) is 18.6. The fourth-order valence-electron chi connectivity index (χ4n) is 3.58. The molecular formula is C24H25F2N3O4S. The molecule has 0 saturated heterocycles. The van der Waals surface area contributed by atoms with Crippen LogP contribution in [0.3, 0.4) is 0 Å². The Morgan fingerprint density at radius 3 is 2.68 bits per heavy atom. The molecule has 0 radical (unpaired) electrons. The molecule has 34 heavy (non-hydrogen) atoms. The van der Waals surface area contributed by atoms with Gasteiger partial charge in [0, 0.05) is 18.7 Å². The molecule has 3 aromatic rings. The van der Waals surface area contributed by atoms with Crippen LogP contribution in [0.2, 0.25) is 0 Å². The maximum atomic E-state index is 12.3. The van der Waals surface area contributed by atoms with Gasteiger partial charge < -0.3 is 24.1 Å². The molecule has 1 aromatic heterocycles. The largest absolute Gasteiger partial charge is 0.486 e. The molecule has 7 nitrogen and oxygen atoms in total. The number of carbonyl (C=O) groups is 1. The number of thioether (sulfide) groups is 1. The normalized spacial score (nSPS) is 12.6. The lowest BCUT2D eigenvalue weighted by atomic mass is 10.1. The number of halogens is 2. The monoisotopic (exact) mass is 489 g/mol. The second-order valence-electron chi connectivity index (χ2n) is 7.44. The zero-order valence-corrected chi connectivity index (χ0v) is 19.4. The first kappa shape index (κ1) is 23.9. The number of hydrogen-bond donors (Lipinski definition) is 1. The maximum Gasteiger partial charge on any atom is 0.387 e. The first-order valence-corrected chi connectivity index (χ1v) is 11.9. The smallest absolute Gasteiger partial charge is 0.387 e. The van der Waals surface area contributed by atoms with Crippen LogP contribution in [0, 0.1) is 0 Å². The average Bonchev–Trinajstić information content (AvgIpc) is 3.26. The summed E-state index contributed by atoms with van der Waals surface area (Å²) in [5.74, 6) is 1.70. The lowest BCUT2D eigenvalue weighted by molar-refractivity contribution is -0.118. The number of imidazole rings is 1. The highest BCUT2D eigenvalue weighted by Crippen LogP contribution is 2.35. The summed E-state index contributed by atoms with van der Waals surface area (Å²) >= 11 is 1.37. The van der Waals surface area contributed by atoms with Crippen LogP contribution >= 0.6 is 11.8 Å². The van der Waals surface area contributed by atoms with E-state index in [1.54, 1.807) is 18.3 Å². The number of fused-ring (bicyclic) bond motifs is 1. The highest BCUT2D eigenvalue weighted by atomic mass is 32.2. The van der Waals surface area contributed by atoms with Crippen molar-refractivity contribution in [2.24, 2.45) is 0 Å². The molecule has 0 bridgehead atoms. The van der Waals surface area contributed by atoms with Crippen LogP contribution in [-0.4, -0.2) is 47.6 Å². The highest BCUT2D eigenvalue weighted by Gasteiger charge is 2.17. The van der Waals surface area contributed by atoms with E-state index < -0.39 is 6.61 Å². The predicted octanol–water partition coefficient (Wildman–Crippen LogP) is 4.39. The van der Waals surface area contributed by atoms with Crippen molar-refractivity contribution in [1.82, 2.24) is 14.9 Å². The van der Waals surface area contributed by atoms with Gasteiger partial charge in [-0.15, -0.1) is 0 Å². The Labute approximate surface area is 200 Å². The number of alkyl halides is 2. The molecule has 1 aliphatic heterocycles. The van der Waals surface area contributed by atoms with Crippen molar-refractivity contribution in [2.75, 3.05) is 25.5 Å². The summed E-state index contributed by atoms with van der Waals surface area (Å²) in [4.78, 5) is 16.8. The van der Waals surface area contributed by atoms with Crippen molar-refractivity contribution in [3.05, 3.63) is 54.2 Å². The molecule has 0 fully saturated rings. The highest BCUT2D eigenvalue weighted by molar-refractivity contribution is 7.99. The van der Waals surface area contributed by atoms with Gasteiger partial charge in [-0.05, 0) is 49.2 Å². The molecule has 180 valence electrons. The second-order valence-corrected chi connectivity index (χ2v) is 8.38. The Morgan fingerprint density at radius 2 is 1.94 bits per heavy atom. The standard InChI is InChI=1S/C24H25F2N3O4S/c1-2-29-19(17-5-8-20-21(13-17)32-12-11-31-20)14-28-24(29)34-15-22(30)27-10-9-16-3-6-18(7-4-16)33-23(25)26/h3-8,13-14,23H,2,9-12,15H2,1H3,(H,27,30). The number of amides is 1. The van der Waals surface area contributed by atoms with E-state index in [9.17, 15) is 13.6 Å². The third-order valence-corrected chi connectivity index (χ3v) is 6.18. The van der Waals surface area contributed by atoms with Gasteiger partial charge in [-0.1, -0.05) is 23.9 Å². The topological polar surface area (TPSA) is 74.6 Å². The van der Waals surface area contributed by atoms with Gasteiger partial charge in [0.2, 0.25) is 5.91 Å². The number of ether oxygens (including phenoxy) is 3. The number of benzene rings is 2. The van der Waals surface area contributed by atoms with E-state index in [1.807, 2.05) is 25.1 Å². The van der Waals surface area contributed by atoms with E-state index in [1.165, 1.54) is 23.9 Å². The van der Waals surface area contributed by atoms with Gasteiger partial charge in [0.1, 0.15) is 19.0 Å². The van der Waals surface area contributed by atoms with Crippen LogP contribution in [-0.2, 0) is 17.8 Å². The molecular weight excluding hydrogens is 464 g/mol. The first-order chi connectivity index (χ1) is 16.5. The van der Waals surface area contributed by atoms with Gasteiger partial charge in [-0.3, -0.25) is 4.79 Å². The quantitative estimate of drug-likeness (QED) is 0.426. The predicted molar refractivity (Wildman–Crippen MR) is 125 cm³/mol. The van der Waals surface area contributed by atoms with Crippen LogP contribution in [0.15, 0.2) is 53.8 Å². The lowest BCUT2D eigenvalue weighted by Gasteiger charge is -2.19.